The molecular formula is C18H24ClNO3. The van der Waals surface area contributed by atoms with E-state index in [2.05, 4.69) is 4.90 Å². The Balaban J connectivity index is 1.95. The van der Waals surface area contributed by atoms with Crippen LogP contribution in [0.4, 0.5) is 0 Å². The van der Waals surface area contributed by atoms with Crippen molar-refractivity contribution in [3.05, 3.63) is 28.4 Å². The van der Waals surface area contributed by atoms with Gasteiger partial charge < -0.3 is 19.5 Å². The van der Waals surface area contributed by atoms with E-state index in [0.717, 1.165) is 37.2 Å². The minimum absolute atomic E-state index is 0.376. The molecule has 0 radical (unpaired) electrons. The Labute approximate surface area is 142 Å². The van der Waals surface area contributed by atoms with Gasteiger partial charge >= 0.3 is 0 Å². The molecule has 1 atom stereocenters. The van der Waals surface area contributed by atoms with E-state index in [9.17, 15) is 5.11 Å². The molecule has 1 aromatic rings. The van der Waals surface area contributed by atoms with E-state index in [1.54, 1.807) is 0 Å². The number of hydrogen-bond acceptors (Lipinski definition) is 4. The summed E-state index contributed by atoms with van der Waals surface area (Å²) >= 11 is 6.37. The quantitative estimate of drug-likeness (QED) is 0.892. The monoisotopic (exact) mass is 337 g/mol. The normalized spacial score (nSPS) is 25.0. The molecule has 4 nitrogen and oxygen atoms in total. The lowest BCUT2D eigenvalue weighted by Gasteiger charge is -2.46. The maximum Gasteiger partial charge on any atom is 0.179 e. The number of piperidine rings is 3. The van der Waals surface area contributed by atoms with Gasteiger partial charge in [-0.15, -0.1) is 0 Å². The molecule has 23 heavy (non-hydrogen) atoms. The van der Waals surface area contributed by atoms with Gasteiger partial charge in [-0.25, -0.2) is 0 Å². The van der Waals surface area contributed by atoms with E-state index >= 15 is 0 Å². The van der Waals surface area contributed by atoms with Gasteiger partial charge in [0.1, 0.15) is 0 Å². The minimum Gasteiger partial charge on any atom is -0.490 e. The Bertz CT molecular complexity index is 590. The zero-order chi connectivity index (χ0) is 16.4. The first-order valence-electron chi connectivity index (χ1n) is 8.37. The number of aliphatic hydroxyl groups excluding tert-OH is 1. The van der Waals surface area contributed by atoms with E-state index in [1.807, 2.05) is 32.1 Å². The molecule has 2 bridgehead atoms. The summed E-state index contributed by atoms with van der Waals surface area (Å²) in [7, 11) is 0. The van der Waals surface area contributed by atoms with Crippen molar-refractivity contribution in [2.45, 2.75) is 32.8 Å². The highest BCUT2D eigenvalue weighted by molar-refractivity contribution is 6.32. The van der Waals surface area contributed by atoms with Crippen LogP contribution in [0.2, 0.25) is 5.02 Å². The Kier molecular flexibility index (Phi) is 5.02. The molecule has 0 aromatic heterocycles. The van der Waals surface area contributed by atoms with Crippen molar-refractivity contribution >= 4 is 17.7 Å². The largest absolute Gasteiger partial charge is 0.490 e. The number of fused-ring (bicyclic) bond motifs is 3. The first-order chi connectivity index (χ1) is 11.1. The molecule has 0 aliphatic carbocycles. The third-order valence-corrected chi connectivity index (χ3v) is 4.87. The Morgan fingerprint density at radius 1 is 1.22 bits per heavy atom. The van der Waals surface area contributed by atoms with Crippen LogP contribution in [0, 0.1) is 5.92 Å². The molecular weight excluding hydrogens is 314 g/mol. The molecule has 0 saturated carbocycles. The summed E-state index contributed by atoms with van der Waals surface area (Å²) in [5, 5.41) is 11.0. The molecule has 4 rings (SSSR count). The van der Waals surface area contributed by atoms with Gasteiger partial charge in [0.15, 0.2) is 11.5 Å². The molecule has 0 amide bonds. The van der Waals surface area contributed by atoms with Crippen LogP contribution in [0.3, 0.4) is 0 Å². The molecule has 126 valence electrons. The maximum absolute atomic E-state index is 10.5. The second-order valence-electron chi connectivity index (χ2n) is 6.03. The highest BCUT2D eigenvalue weighted by Crippen LogP contribution is 2.39. The standard InChI is InChI=1S/C18H24ClNO3/c1-3-22-16-11-12(9-14(19)18(16)23-4-2)10-15-17(21)13-5-7-20(15)8-6-13/h9-11,13,17,21H,3-8H2,1-2H3/b15-10+/t17-/m1/s1. The summed E-state index contributed by atoms with van der Waals surface area (Å²) in [5.74, 6) is 1.62. The molecule has 0 spiro atoms. The topological polar surface area (TPSA) is 41.9 Å². The van der Waals surface area contributed by atoms with Gasteiger partial charge in [0.05, 0.1) is 24.3 Å². The number of rotatable bonds is 5. The number of hydrogen-bond donors (Lipinski definition) is 1. The fraction of sp³-hybridized carbons (Fsp3) is 0.556. The maximum atomic E-state index is 10.5. The predicted octanol–water partition coefficient (Wildman–Crippen LogP) is 3.56. The molecule has 3 fully saturated rings. The Hall–Kier alpha value is -1.39. The SMILES string of the molecule is CCOc1cc(/C=C2\[C@H](O)C3CCN2CC3)cc(Cl)c1OCC. The van der Waals surface area contributed by atoms with Crippen molar-refractivity contribution in [1.29, 1.82) is 0 Å². The third-order valence-electron chi connectivity index (χ3n) is 4.59. The Morgan fingerprint density at radius 2 is 1.91 bits per heavy atom. The Morgan fingerprint density at radius 3 is 2.52 bits per heavy atom. The smallest absolute Gasteiger partial charge is 0.179 e. The second kappa shape index (κ2) is 7.02. The average Bonchev–Trinajstić information content (AvgIpc) is 2.55. The van der Waals surface area contributed by atoms with Crippen LogP contribution in [0.5, 0.6) is 11.5 Å². The highest BCUT2D eigenvalue weighted by Gasteiger charge is 2.36. The van der Waals surface area contributed by atoms with Crippen LogP contribution in [0.25, 0.3) is 6.08 Å². The second-order valence-corrected chi connectivity index (χ2v) is 6.44. The molecule has 1 N–H and O–H groups in total. The van der Waals surface area contributed by atoms with Crippen molar-refractivity contribution in [3.8, 4) is 11.5 Å². The number of nitrogens with zero attached hydrogens (tertiary/aromatic N) is 1. The van der Waals surface area contributed by atoms with E-state index in [0.29, 0.717) is 35.7 Å². The first-order valence-corrected chi connectivity index (χ1v) is 8.75. The van der Waals surface area contributed by atoms with Gasteiger partial charge in [0, 0.05) is 18.8 Å². The fourth-order valence-corrected chi connectivity index (χ4v) is 3.74. The molecule has 3 aliphatic heterocycles. The van der Waals surface area contributed by atoms with Crippen LogP contribution in [-0.2, 0) is 0 Å². The number of ether oxygens (including phenoxy) is 2. The van der Waals surface area contributed by atoms with Crippen molar-refractivity contribution in [3.63, 3.8) is 0 Å². The lowest BCUT2D eigenvalue weighted by Crippen LogP contribution is -2.48. The molecule has 3 aliphatic rings. The zero-order valence-corrected chi connectivity index (χ0v) is 14.5. The van der Waals surface area contributed by atoms with Gasteiger partial charge in [0.25, 0.3) is 0 Å². The van der Waals surface area contributed by atoms with Crippen molar-refractivity contribution in [1.82, 2.24) is 4.90 Å². The summed E-state index contributed by atoms with van der Waals surface area (Å²) in [6, 6.07) is 3.81. The predicted molar refractivity (Wildman–Crippen MR) is 92.1 cm³/mol. The molecule has 3 saturated heterocycles. The van der Waals surface area contributed by atoms with Gasteiger partial charge in [-0.2, -0.15) is 0 Å². The van der Waals surface area contributed by atoms with Crippen LogP contribution in [-0.4, -0.2) is 42.4 Å². The van der Waals surface area contributed by atoms with Gasteiger partial charge in [-0.3, -0.25) is 0 Å². The molecule has 3 heterocycles. The van der Waals surface area contributed by atoms with Crippen LogP contribution in [0.1, 0.15) is 32.3 Å². The van der Waals surface area contributed by atoms with E-state index in [-0.39, 0.29) is 6.10 Å². The van der Waals surface area contributed by atoms with Gasteiger partial charge in [-0.05, 0) is 56.4 Å². The third kappa shape index (κ3) is 3.29. The van der Waals surface area contributed by atoms with Crippen LogP contribution in [0.15, 0.2) is 17.8 Å². The fourth-order valence-electron chi connectivity index (χ4n) is 3.47. The summed E-state index contributed by atoms with van der Waals surface area (Å²) in [6.07, 6.45) is 3.80. The van der Waals surface area contributed by atoms with E-state index in [4.69, 9.17) is 21.1 Å². The van der Waals surface area contributed by atoms with Crippen molar-refractivity contribution in [2.75, 3.05) is 26.3 Å². The lowest BCUT2D eigenvalue weighted by molar-refractivity contribution is 0.0215. The molecule has 0 unspecified atom stereocenters. The summed E-state index contributed by atoms with van der Waals surface area (Å²) in [5.41, 5.74) is 1.93. The summed E-state index contributed by atoms with van der Waals surface area (Å²) in [6.45, 7) is 6.99. The summed E-state index contributed by atoms with van der Waals surface area (Å²) in [4.78, 5) is 2.27. The van der Waals surface area contributed by atoms with Crippen molar-refractivity contribution < 1.29 is 14.6 Å². The van der Waals surface area contributed by atoms with Crippen LogP contribution < -0.4 is 9.47 Å². The minimum atomic E-state index is -0.376. The average molecular weight is 338 g/mol. The zero-order valence-electron chi connectivity index (χ0n) is 13.7. The van der Waals surface area contributed by atoms with E-state index in [1.165, 1.54) is 0 Å². The van der Waals surface area contributed by atoms with Gasteiger partial charge in [0.2, 0.25) is 0 Å². The van der Waals surface area contributed by atoms with E-state index < -0.39 is 0 Å². The lowest BCUT2D eigenvalue weighted by atomic mass is 9.83. The number of aliphatic hydroxyl groups is 1. The first kappa shape index (κ1) is 16.5. The number of halogens is 1. The summed E-state index contributed by atoms with van der Waals surface area (Å²) < 4.78 is 11.3. The van der Waals surface area contributed by atoms with Crippen molar-refractivity contribution in [2.24, 2.45) is 5.92 Å². The molecule has 1 aromatic carbocycles. The highest BCUT2D eigenvalue weighted by atomic mass is 35.5. The number of benzene rings is 1. The van der Waals surface area contributed by atoms with Crippen LogP contribution >= 0.6 is 11.6 Å². The molecule has 5 heteroatoms. The van der Waals surface area contributed by atoms with Gasteiger partial charge in [-0.1, -0.05) is 11.6 Å².